The quantitative estimate of drug-likeness (QED) is 0.653. The Bertz CT molecular complexity index is 352. The van der Waals surface area contributed by atoms with Crippen LogP contribution in [0.3, 0.4) is 0 Å². The van der Waals surface area contributed by atoms with Crippen molar-refractivity contribution in [3.05, 3.63) is 35.4 Å². The van der Waals surface area contributed by atoms with E-state index < -0.39 is 0 Å². The van der Waals surface area contributed by atoms with Crippen LogP contribution >= 0.6 is 0 Å². The molecule has 0 amide bonds. The number of fused-ring (bicyclic) bond motifs is 2. The molecule has 2 aliphatic rings. The highest BCUT2D eigenvalue weighted by atomic mass is 15.2. The zero-order valence-electron chi connectivity index (χ0n) is 8.79. The fourth-order valence-corrected chi connectivity index (χ4v) is 3.00. The van der Waals surface area contributed by atoms with Crippen molar-refractivity contribution < 1.29 is 0 Å². The summed E-state index contributed by atoms with van der Waals surface area (Å²) in [5.41, 5.74) is 3.67. The molecule has 0 radical (unpaired) electrons. The average Bonchev–Trinajstić information content (AvgIpc) is 3.01. The van der Waals surface area contributed by atoms with Crippen LogP contribution in [-0.4, -0.2) is 18.0 Å². The largest absolute Gasteiger partial charge is 0.294 e. The van der Waals surface area contributed by atoms with Gasteiger partial charge < -0.3 is 0 Å². The van der Waals surface area contributed by atoms with E-state index in [4.69, 9.17) is 0 Å². The van der Waals surface area contributed by atoms with Gasteiger partial charge in [-0.2, -0.15) is 0 Å². The molecule has 1 aliphatic heterocycles. The Morgan fingerprint density at radius 1 is 1.29 bits per heavy atom. The lowest BCUT2D eigenvalue weighted by Gasteiger charge is -2.37. The van der Waals surface area contributed by atoms with E-state index in [-0.39, 0.29) is 0 Å². The predicted octanol–water partition coefficient (Wildman–Crippen LogP) is 2.55. The van der Waals surface area contributed by atoms with Gasteiger partial charge in [0.05, 0.1) is 0 Å². The molecule has 1 heterocycles. The van der Waals surface area contributed by atoms with Gasteiger partial charge in [0.1, 0.15) is 0 Å². The second kappa shape index (κ2) is 2.83. The maximum Gasteiger partial charge on any atom is 0.0465 e. The van der Waals surface area contributed by atoms with E-state index in [1.165, 1.54) is 32.4 Å². The fourth-order valence-electron chi connectivity index (χ4n) is 3.00. The molecule has 1 aromatic rings. The fraction of sp³-hybridized carbons (Fsp3) is 0.538. The van der Waals surface area contributed by atoms with Gasteiger partial charge in [0.2, 0.25) is 0 Å². The van der Waals surface area contributed by atoms with Gasteiger partial charge in [0.15, 0.2) is 0 Å². The van der Waals surface area contributed by atoms with Gasteiger partial charge in [0.25, 0.3) is 0 Å². The Balaban J connectivity index is 2.08. The van der Waals surface area contributed by atoms with Crippen LogP contribution < -0.4 is 0 Å². The van der Waals surface area contributed by atoms with Crippen molar-refractivity contribution in [1.82, 2.24) is 4.90 Å². The zero-order valence-corrected chi connectivity index (χ0v) is 8.79. The van der Waals surface area contributed by atoms with E-state index in [0.717, 1.165) is 0 Å². The molecule has 1 aliphatic carbocycles. The molecular formula is C13H17N. The normalized spacial score (nSPS) is 23.5. The Morgan fingerprint density at radius 3 is 2.79 bits per heavy atom. The van der Waals surface area contributed by atoms with Crippen LogP contribution in [0, 0.1) is 0 Å². The van der Waals surface area contributed by atoms with E-state index in [1.807, 2.05) is 0 Å². The summed E-state index contributed by atoms with van der Waals surface area (Å²) < 4.78 is 0. The molecule has 1 heteroatoms. The topological polar surface area (TPSA) is 3.24 Å². The minimum atomic E-state index is 0.462. The average molecular weight is 187 g/mol. The number of hydrogen-bond donors (Lipinski definition) is 0. The molecule has 1 fully saturated rings. The van der Waals surface area contributed by atoms with Crippen LogP contribution in [0.2, 0.25) is 0 Å². The third-order valence-electron chi connectivity index (χ3n) is 3.88. The molecule has 74 valence electrons. The summed E-state index contributed by atoms with van der Waals surface area (Å²) in [6.07, 6.45) is 3.99. The zero-order chi connectivity index (χ0) is 9.60. The van der Waals surface area contributed by atoms with Crippen LogP contribution in [0.5, 0.6) is 0 Å². The highest BCUT2D eigenvalue weighted by Gasteiger charge is 2.51. The summed E-state index contributed by atoms with van der Waals surface area (Å²) in [5, 5.41) is 0. The molecule has 0 saturated heterocycles. The van der Waals surface area contributed by atoms with Crippen LogP contribution in [-0.2, 0) is 12.0 Å². The van der Waals surface area contributed by atoms with E-state index in [0.29, 0.717) is 5.54 Å². The number of benzene rings is 1. The number of nitrogens with zero attached hydrogens (tertiary/aromatic N) is 1. The molecule has 1 saturated carbocycles. The van der Waals surface area contributed by atoms with Gasteiger partial charge in [0, 0.05) is 12.1 Å². The smallest absolute Gasteiger partial charge is 0.0465 e. The first kappa shape index (κ1) is 8.49. The Kier molecular flexibility index (Phi) is 1.72. The molecule has 0 N–H and O–H groups in total. The summed E-state index contributed by atoms with van der Waals surface area (Å²) in [7, 11) is 0. The van der Waals surface area contributed by atoms with Crippen LogP contribution in [0.15, 0.2) is 24.3 Å². The van der Waals surface area contributed by atoms with E-state index in [1.54, 1.807) is 11.1 Å². The molecule has 0 aromatic heterocycles. The standard InChI is InChI=1S/C13H17N/c1-2-14-10-7-11-5-3-4-6-12(11)13(14)8-9-13/h3-6H,2,7-10H2,1H3. The Hall–Kier alpha value is -0.820. The molecule has 1 nitrogen and oxygen atoms in total. The highest BCUT2D eigenvalue weighted by molar-refractivity contribution is 5.40. The van der Waals surface area contributed by atoms with Crippen molar-refractivity contribution >= 4 is 0 Å². The summed E-state index contributed by atoms with van der Waals surface area (Å²) in [6, 6.07) is 9.02. The molecule has 14 heavy (non-hydrogen) atoms. The maximum absolute atomic E-state index is 2.66. The van der Waals surface area contributed by atoms with Crippen LogP contribution in [0.25, 0.3) is 0 Å². The van der Waals surface area contributed by atoms with E-state index in [9.17, 15) is 0 Å². The lowest BCUT2D eigenvalue weighted by Crippen LogP contribution is -2.41. The Morgan fingerprint density at radius 2 is 2.07 bits per heavy atom. The summed E-state index contributed by atoms with van der Waals surface area (Å²) in [6.45, 7) is 4.75. The third-order valence-corrected chi connectivity index (χ3v) is 3.88. The lowest BCUT2D eigenvalue weighted by molar-refractivity contribution is 0.174. The monoisotopic (exact) mass is 187 g/mol. The summed E-state index contributed by atoms with van der Waals surface area (Å²) >= 11 is 0. The molecule has 1 spiro atoms. The molecule has 0 unspecified atom stereocenters. The van der Waals surface area contributed by atoms with Gasteiger partial charge in [-0.3, -0.25) is 4.90 Å². The summed E-state index contributed by atoms with van der Waals surface area (Å²) in [4.78, 5) is 2.66. The first-order valence-corrected chi connectivity index (χ1v) is 5.70. The predicted molar refractivity (Wildman–Crippen MR) is 58.3 cm³/mol. The van der Waals surface area contributed by atoms with Gasteiger partial charge in [-0.1, -0.05) is 31.2 Å². The van der Waals surface area contributed by atoms with Gasteiger partial charge in [-0.15, -0.1) is 0 Å². The minimum absolute atomic E-state index is 0.462. The van der Waals surface area contributed by atoms with Crippen molar-refractivity contribution in [3.8, 4) is 0 Å². The van der Waals surface area contributed by atoms with Crippen LogP contribution in [0.1, 0.15) is 30.9 Å². The second-order valence-corrected chi connectivity index (χ2v) is 4.52. The molecule has 3 rings (SSSR count). The first-order valence-electron chi connectivity index (χ1n) is 5.70. The highest BCUT2D eigenvalue weighted by Crippen LogP contribution is 2.53. The van der Waals surface area contributed by atoms with Gasteiger partial charge in [-0.25, -0.2) is 0 Å². The van der Waals surface area contributed by atoms with Crippen molar-refractivity contribution in [2.45, 2.75) is 31.7 Å². The third kappa shape index (κ3) is 0.992. The SMILES string of the molecule is CCN1CCc2ccccc2C12CC2. The van der Waals surface area contributed by atoms with E-state index >= 15 is 0 Å². The maximum atomic E-state index is 2.66. The second-order valence-electron chi connectivity index (χ2n) is 4.52. The molecule has 0 bridgehead atoms. The molecule has 1 aromatic carbocycles. The molecular weight excluding hydrogens is 170 g/mol. The van der Waals surface area contributed by atoms with Crippen LogP contribution in [0.4, 0.5) is 0 Å². The minimum Gasteiger partial charge on any atom is -0.294 e. The van der Waals surface area contributed by atoms with Crippen molar-refractivity contribution in [3.63, 3.8) is 0 Å². The van der Waals surface area contributed by atoms with Gasteiger partial charge >= 0.3 is 0 Å². The number of rotatable bonds is 1. The lowest BCUT2D eigenvalue weighted by atomic mass is 9.91. The first-order chi connectivity index (χ1) is 6.87. The van der Waals surface area contributed by atoms with E-state index in [2.05, 4.69) is 36.1 Å². The van der Waals surface area contributed by atoms with Gasteiger partial charge in [-0.05, 0) is 36.9 Å². The summed E-state index contributed by atoms with van der Waals surface area (Å²) in [5.74, 6) is 0. The van der Waals surface area contributed by atoms with Crippen molar-refractivity contribution in [2.24, 2.45) is 0 Å². The Labute approximate surface area is 85.7 Å². The van der Waals surface area contributed by atoms with Crippen molar-refractivity contribution in [1.29, 1.82) is 0 Å². The number of likely N-dealkylation sites (N-methyl/N-ethyl adjacent to an activating group) is 1. The van der Waals surface area contributed by atoms with Crippen molar-refractivity contribution in [2.75, 3.05) is 13.1 Å². The number of hydrogen-bond acceptors (Lipinski definition) is 1. The molecule has 0 atom stereocenters.